The molecule has 2 aromatic carbocycles. The molecule has 0 atom stereocenters. The fourth-order valence-electron chi connectivity index (χ4n) is 4.18. The van der Waals surface area contributed by atoms with Gasteiger partial charge in [0.15, 0.2) is 10.8 Å². The number of azo groups is 1. The molecule has 1 aliphatic carbocycles. The molecule has 0 aliphatic heterocycles. The van der Waals surface area contributed by atoms with E-state index < -0.39 is 0 Å². The Labute approximate surface area is 199 Å². The average Bonchev–Trinajstić information content (AvgIpc) is 3.22. The minimum absolute atomic E-state index is 0.0416. The van der Waals surface area contributed by atoms with Crippen LogP contribution in [-0.2, 0) is 19.3 Å². The SMILES string of the molecule is Cc1cc(CCNCCC#N)ccc1N=Nc1sc2c(c1C(=O)c1ccccc1)CCCC2. The summed E-state index contributed by atoms with van der Waals surface area (Å²) < 4.78 is 0. The summed E-state index contributed by atoms with van der Waals surface area (Å²) in [6.45, 7) is 3.60. The Morgan fingerprint density at radius 3 is 2.70 bits per heavy atom. The van der Waals surface area contributed by atoms with Gasteiger partial charge in [0, 0.05) is 23.4 Å². The third kappa shape index (κ3) is 5.62. The number of carbonyl (C=O) groups is 1. The Hall–Kier alpha value is -3.14. The zero-order valence-corrected chi connectivity index (χ0v) is 19.8. The first-order chi connectivity index (χ1) is 16.2. The molecule has 0 saturated carbocycles. The van der Waals surface area contributed by atoms with Crippen molar-refractivity contribution in [2.75, 3.05) is 13.1 Å². The lowest BCUT2D eigenvalue weighted by molar-refractivity contribution is 0.103. The summed E-state index contributed by atoms with van der Waals surface area (Å²) in [5.74, 6) is 0.0416. The van der Waals surface area contributed by atoms with Crippen LogP contribution in [0.5, 0.6) is 0 Å². The van der Waals surface area contributed by atoms with Crippen LogP contribution in [-0.4, -0.2) is 18.9 Å². The number of hydrogen-bond acceptors (Lipinski definition) is 6. The molecule has 0 saturated heterocycles. The normalized spacial score (nSPS) is 13.1. The standard InChI is InChI=1S/C27H28N4OS/c1-19-18-20(14-17-29-16-7-15-28)12-13-23(19)30-31-27-25(22-10-5-6-11-24(22)33-27)26(32)21-8-3-2-4-9-21/h2-4,8-9,12-13,18,29H,5-7,10-11,14,16-17H2,1H3. The second kappa shape index (κ2) is 11.1. The van der Waals surface area contributed by atoms with Crippen molar-refractivity contribution in [3.8, 4) is 6.07 Å². The third-order valence-corrected chi connectivity index (χ3v) is 7.11. The van der Waals surface area contributed by atoms with E-state index in [0.29, 0.717) is 12.0 Å². The minimum Gasteiger partial charge on any atom is -0.315 e. The molecule has 3 aromatic rings. The number of thiophene rings is 1. The maximum absolute atomic E-state index is 13.4. The van der Waals surface area contributed by atoms with Gasteiger partial charge in [-0.15, -0.1) is 21.6 Å². The molecular formula is C27H28N4OS. The Morgan fingerprint density at radius 2 is 1.91 bits per heavy atom. The number of ketones is 1. The van der Waals surface area contributed by atoms with Crippen LogP contribution in [0.2, 0.25) is 0 Å². The zero-order valence-electron chi connectivity index (χ0n) is 18.9. The number of nitrogens with one attached hydrogen (secondary N) is 1. The van der Waals surface area contributed by atoms with E-state index in [4.69, 9.17) is 5.26 Å². The predicted octanol–water partition coefficient (Wildman–Crippen LogP) is 6.63. The van der Waals surface area contributed by atoms with Gasteiger partial charge in [0.05, 0.1) is 17.3 Å². The second-order valence-corrected chi connectivity index (χ2v) is 9.40. The first kappa shape index (κ1) is 23.0. The number of benzene rings is 2. The van der Waals surface area contributed by atoms with E-state index in [2.05, 4.69) is 33.7 Å². The summed E-state index contributed by atoms with van der Waals surface area (Å²) >= 11 is 1.62. The molecule has 1 N–H and O–H groups in total. The summed E-state index contributed by atoms with van der Waals surface area (Å²) in [4.78, 5) is 14.7. The summed E-state index contributed by atoms with van der Waals surface area (Å²) in [6, 6.07) is 17.8. The summed E-state index contributed by atoms with van der Waals surface area (Å²) in [7, 11) is 0. The Bertz CT molecular complexity index is 1190. The van der Waals surface area contributed by atoms with Crippen LogP contribution in [0.1, 0.15) is 56.8 Å². The van der Waals surface area contributed by atoms with Gasteiger partial charge in [-0.05, 0) is 68.3 Å². The van der Waals surface area contributed by atoms with Crippen LogP contribution >= 0.6 is 11.3 Å². The number of fused-ring (bicyclic) bond motifs is 1. The minimum atomic E-state index is 0.0416. The number of nitrogens with zero attached hydrogens (tertiary/aromatic N) is 3. The van der Waals surface area contributed by atoms with Crippen molar-refractivity contribution < 1.29 is 4.79 Å². The van der Waals surface area contributed by atoms with Gasteiger partial charge in [-0.1, -0.05) is 42.5 Å². The quantitative estimate of drug-likeness (QED) is 0.223. The Morgan fingerprint density at radius 1 is 1.09 bits per heavy atom. The lowest BCUT2D eigenvalue weighted by atomic mass is 9.92. The van der Waals surface area contributed by atoms with Crippen LogP contribution < -0.4 is 5.32 Å². The lowest BCUT2D eigenvalue weighted by Gasteiger charge is -2.12. The van der Waals surface area contributed by atoms with Crippen molar-refractivity contribution in [1.29, 1.82) is 5.26 Å². The number of carbonyl (C=O) groups excluding carboxylic acids is 1. The van der Waals surface area contributed by atoms with E-state index in [1.807, 2.05) is 43.3 Å². The first-order valence-electron chi connectivity index (χ1n) is 11.5. The summed E-state index contributed by atoms with van der Waals surface area (Å²) in [6.07, 6.45) is 5.65. The van der Waals surface area contributed by atoms with Crippen molar-refractivity contribution >= 4 is 27.8 Å². The smallest absolute Gasteiger partial charge is 0.196 e. The van der Waals surface area contributed by atoms with Crippen LogP contribution in [0.15, 0.2) is 58.8 Å². The zero-order chi connectivity index (χ0) is 23.0. The van der Waals surface area contributed by atoms with Crippen LogP contribution in [0.25, 0.3) is 0 Å². The van der Waals surface area contributed by atoms with Crippen LogP contribution in [0, 0.1) is 18.3 Å². The van der Waals surface area contributed by atoms with E-state index in [0.717, 1.165) is 67.0 Å². The topological polar surface area (TPSA) is 77.6 Å². The molecule has 0 fully saturated rings. The number of aryl methyl sites for hydroxylation is 2. The van der Waals surface area contributed by atoms with Crippen molar-refractivity contribution in [3.63, 3.8) is 0 Å². The molecule has 0 radical (unpaired) electrons. The van der Waals surface area contributed by atoms with E-state index in [1.54, 1.807) is 11.3 Å². The van der Waals surface area contributed by atoms with E-state index >= 15 is 0 Å². The van der Waals surface area contributed by atoms with E-state index in [1.165, 1.54) is 16.0 Å². The highest BCUT2D eigenvalue weighted by Crippen LogP contribution is 2.41. The Kier molecular flexibility index (Phi) is 7.77. The van der Waals surface area contributed by atoms with E-state index in [-0.39, 0.29) is 5.78 Å². The molecule has 0 bridgehead atoms. The molecular weight excluding hydrogens is 428 g/mol. The van der Waals surface area contributed by atoms with Gasteiger partial charge < -0.3 is 5.32 Å². The largest absolute Gasteiger partial charge is 0.315 e. The predicted molar refractivity (Wildman–Crippen MR) is 133 cm³/mol. The molecule has 5 nitrogen and oxygen atoms in total. The first-order valence-corrected chi connectivity index (χ1v) is 12.3. The van der Waals surface area contributed by atoms with Gasteiger partial charge in [-0.2, -0.15) is 5.26 Å². The molecule has 0 amide bonds. The molecule has 168 valence electrons. The number of nitriles is 1. The molecule has 6 heteroatoms. The second-order valence-electron chi connectivity index (χ2n) is 8.32. The van der Waals surface area contributed by atoms with Crippen molar-refractivity contribution in [2.45, 2.75) is 45.4 Å². The van der Waals surface area contributed by atoms with Gasteiger partial charge in [-0.3, -0.25) is 4.79 Å². The molecule has 0 spiro atoms. The maximum Gasteiger partial charge on any atom is 0.196 e. The molecule has 1 aliphatic rings. The van der Waals surface area contributed by atoms with Crippen molar-refractivity contribution in [3.05, 3.63) is 81.2 Å². The van der Waals surface area contributed by atoms with Crippen molar-refractivity contribution in [2.24, 2.45) is 10.2 Å². The van der Waals surface area contributed by atoms with Gasteiger partial charge in [0.25, 0.3) is 0 Å². The summed E-state index contributed by atoms with van der Waals surface area (Å²) in [5.41, 5.74) is 5.71. The molecule has 1 heterocycles. The molecule has 0 unspecified atom stereocenters. The number of hydrogen-bond donors (Lipinski definition) is 1. The highest BCUT2D eigenvalue weighted by molar-refractivity contribution is 7.16. The monoisotopic (exact) mass is 456 g/mol. The van der Waals surface area contributed by atoms with E-state index in [9.17, 15) is 4.79 Å². The van der Waals surface area contributed by atoms with Gasteiger partial charge in [0.1, 0.15) is 0 Å². The average molecular weight is 457 g/mol. The van der Waals surface area contributed by atoms with Gasteiger partial charge >= 0.3 is 0 Å². The van der Waals surface area contributed by atoms with Crippen LogP contribution in [0.4, 0.5) is 10.7 Å². The maximum atomic E-state index is 13.4. The highest BCUT2D eigenvalue weighted by atomic mass is 32.1. The Balaban J connectivity index is 1.55. The fourth-order valence-corrected chi connectivity index (χ4v) is 5.38. The highest BCUT2D eigenvalue weighted by Gasteiger charge is 2.26. The molecule has 1 aromatic heterocycles. The van der Waals surface area contributed by atoms with Gasteiger partial charge in [0.2, 0.25) is 0 Å². The molecule has 4 rings (SSSR count). The summed E-state index contributed by atoms with van der Waals surface area (Å²) in [5, 5.41) is 21.7. The third-order valence-electron chi connectivity index (χ3n) is 5.93. The van der Waals surface area contributed by atoms with Crippen molar-refractivity contribution in [1.82, 2.24) is 5.32 Å². The number of rotatable bonds is 9. The fraction of sp³-hybridized carbons (Fsp3) is 0.333. The van der Waals surface area contributed by atoms with Gasteiger partial charge in [-0.25, -0.2) is 0 Å². The molecule has 33 heavy (non-hydrogen) atoms. The lowest BCUT2D eigenvalue weighted by Crippen LogP contribution is -2.18. The van der Waals surface area contributed by atoms with Crippen LogP contribution in [0.3, 0.4) is 0 Å².